The number of rotatable bonds is 6. The number of nitrogens with one attached hydrogen (secondary N) is 1. The Morgan fingerprint density at radius 2 is 1.97 bits per heavy atom. The Kier molecular flexibility index (Phi) is 7.44. The van der Waals surface area contributed by atoms with Crippen molar-refractivity contribution in [2.45, 2.75) is 51.8 Å². The van der Waals surface area contributed by atoms with Crippen molar-refractivity contribution in [2.75, 3.05) is 23.7 Å². The normalized spacial score (nSPS) is 15.6. The number of benzene rings is 1. The van der Waals surface area contributed by atoms with Crippen molar-refractivity contribution in [1.82, 2.24) is 15.2 Å². The van der Waals surface area contributed by atoms with Crippen molar-refractivity contribution < 1.29 is 19.1 Å². The number of anilines is 2. The van der Waals surface area contributed by atoms with Gasteiger partial charge in [0.2, 0.25) is 11.8 Å². The number of ether oxygens (including phenoxy) is 1. The molecule has 36 heavy (non-hydrogen) atoms. The van der Waals surface area contributed by atoms with Crippen LogP contribution in [-0.4, -0.2) is 52.5 Å². The fraction of sp³-hybridized carbons (Fsp3) is 0.385. The number of fused-ring (bicyclic) bond motifs is 1. The van der Waals surface area contributed by atoms with Crippen LogP contribution in [0, 0.1) is 0 Å². The van der Waals surface area contributed by atoms with Crippen molar-refractivity contribution >= 4 is 50.8 Å². The molecule has 1 aliphatic rings. The summed E-state index contributed by atoms with van der Waals surface area (Å²) in [5.74, 6) is -0.0575. The molecule has 10 heteroatoms. The Morgan fingerprint density at radius 1 is 1.22 bits per heavy atom. The fourth-order valence-electron chi connectivity index (χ4n) is 4.17. The van der Waals surface area contributed by atoms with Crippen molar-refractivity contribution in [3.8, 4) is 0 Å². The van der Waals surface area contributed by atoms with Crippen LogP contribution in [0.15, 0.2) is 48.7 Å². The fourth-order valence-corrected chi connectivity index (χ4v) is 5.17. The van der Waals surface area contributed by atoms with E-state index in [4.69, 9.17) is 10.5 Å². The number of aromatic nitrogens is 1. The Bertz CT molecular complexity index is 1250. The molecule has 1 atom stereocenters. The SMILES string of the molecule is CC(C)(C)OC(=O)N(CC(=O)N1CCC[C@H]1C(=O)NCc1cc2c(N)nccc2s1)c1ccccc1. The molecule has 0 aliphatic carbocycles. The summed E-state index contributed by atoms with van der Waals surface area (Å²) < 4.78 is 6.54. The van der Waals surface area contributed by atoms with E-state index in [0.29, 0.717) is 37.4 Å². The van der Waals surface area contributed by atoms with Crippen LogP contribution < -0.4 is 16.0 Å². The molecule has 0 bridgehead atoms. The Hall–Kier alpha value is -3.66. The van der Waals surface area contributed by atoms with Gasteiger partial charge in [-0.05, 0) is 57.9 Å². The van der Waals surface area contributed by atoms with Gasteiger partial charge in [0.15, 0.2) is 0 Å². The van der Waals surface area contributed by atoms with E-state index in [1.807, 2.05) is 18.2 Å². The number of thiophene rings is 1. The van der Waals surface area contributed by atoms with Gasteiger partial charge in [0.05, 0.1) is 6.54 Å². The average Bonchev–Trinajstić information content (AvgIpc) is 3.48. The predicted octanol–water partition coefficient (Wildman–Crippen LogP) is 3.93. The maximum atomic E-state index is 13.3. The maximum Gasteiger partial charge on any atom is 0.415 e. The second-order valence-corrected chi connectivity index (χ2v) is 10.9. The molecule has 3 N–H and O–H groups in total. The van der Waals surface area contributed by atoms with E-state index >= 15 is 0 Å². The first-order valence-electron chi connectivity index (χ1n) is 11.9. The van der Waals surface area contributed by atoms with Crippen LogP contribution in [0.4, 0.5) is 16.3 Å². The second-order valence-electron chi connectivity index (χ2n) is 9.69. The number of amides is 3. The molecule has 1 fully saturated rings. The van der Waals surface area contributed by atoms with Gasteiger partial charge >= 0.3 is 6.09 Å². The van der Waals surface area contributed by atoms with E-state index in [1.54, 1.807) is 67.5 Å². The van der Waals surface area contributed by atoms with E-state index in [9.17, 15) is 14.4 Å². The highest BCUT2D eigenvalue weighted by atomic mass is 32.1. The quantitative estimate of drug-likeness (QED) is 0.520. The molecule has 4 rings (SSSR count). The van der Waals surface area contributed by atoms with Gasteiger partial charge in [0.1, 0.15) is 24.0 Å². The summed E-state index contributed by atoms with van der Waals surface area (Å²) in [6.45, 7) is 5.91. The van der Waals surface area contributed by atoms with Gasteiger partial charge in [0, 0.05) is 33.4 Å². The number of nitrogens with zero attached hydrogens (tertiary/aromatic N) is 3. The molecule has 1 aliphatic heterocycles. The molecule has 3 heterocycles. The van der Waals surface area contributed by atoms with Crippen LogP contribution >= 0.6 is 11.3 Å². The minimum absolute atomic E-state index is 0.215. The zero-order chi connectivity index (χ0) is 25.9. The lowest BCUT2D eigenvalue weighted by atomic mass is 10.2. The third-order valence-corrected chi connectivity index (χ3v) is 6.92. The van der Waals surface area contributed by atoms with Crippen molar-refractivity contribution in [3.05, 3.63) is 53.5 Å². The zero-order valence-corrected chi connectivity index (χ0v) is 21.5. The van der Waals surface area contributed by atoms with Gasteiger partial charge in [-0.2, -0.15) is 0 Å². The van der Waals surface area contributed by atoms with Crippen LogP contribution in [0.2, 0.25) is 0 Å². The van der Waals surface area contributed by atoms with Gasteiger partial charge in [0.25, 0.3) is 0 Å². The minimum atomic E-state index is -0.712. The van der Waals surface area contributed by atoms with E-state index in [-0.39, 0.29) is 18.4 Å². The van der Waals surface area contributed by atoms with E-state index in [1.165, 1.54) is 4.90 Å². The third-order valence-electron chi connectivity index (χ3n) is 5.82. The van der Waals surface area contributed by atoms with E-state index in [2.05, 4.69) is 10.3 Å². The predicted molar refractivity (Wildman–Crippen MR) is 141 cm³/mol. The number of pyridine rings is 1. The van der Waals surface area contributed by atoms with Crippen LogP contribution in [0.5, 0.6) is 0 Å². The molecule has 0 spiro atoms. The highest BCUT2D eigenvalue weighted by molar-refractivity contribution is 7.19. The molecule has 2 aromatic heterocycles. The number of carbonyl (C=O) groups excluding carboxylic acids is 3. The van der Waals surface area contributed by atoms with Crippen LogP contribution in [0.1, 0.15) is 38.5 Å². The summed E-state index contributed by atoms with van der Waals surface area (Å²) >= 11 is 1.54. The molecule has 1 saturated heterocycles. The molecule has 1 aromatic carbocycles. The highest BCUT2D eigenvalue weighted by Crippen LogP contribution is 2.28. The standard InChI is InChI=1S/C26H31N5O4S/c1-26(2,3)35-25(34)31(17-8-5-4-6-9-17)16-22(32)30-13-7-10-20(30)24(33)29-15-18-14-19-21(36-18)11-12-28-23(19)27/h4-6,8-9,11-12,14,20H,7,10,13,15-16H2,1-3H3,(H2,27,28)(H,29,33)/t20-/m0/s1. The van der Waals surface area contributed by atoms with Gasteiger partial charge in [-0.1, -0.05) is 18.2 Å². The lowest BCUT2D eigenvalue weighted by Gasteiger charge is -2.30. The molecule has 0 radical (unpaired) electrons. The number of nitrogen functional groups attached to an aromatic ring is 1. The average molecular weight is 510 g/mol. The van der Waals surface area contributed by atoms with Crippen molar-refractivity contribution in [2.24, 2.45) is 0 Å². The summed E-state index contributed by atoms with van der Waals surface area (Å²) in [5.41, 5.74) is 5.78. The number of carbonyl (C=O) groups is 3. The molecule has 0 saturated carbocycles. The third kappa shape index (κ3) is 5.93. The number of likely N-dealkylation sites (tertiary alicyclic amines) is 1. The first-order valence-corrected chi connectivity index (χ1v) is 12.7. The second kappa shape index (κ2) is 10.5. The molecule has 3 amide bonds. The Balaban J connectivity index is 1.43. The van der Waals surface area contributed by atoms with Gasteiger partial charge in [-0.3, -0.25) is 14.5 Å². The van der Waals surface area contributed by atoms with E-state index in [0.717, 1.165) is 15.0 Å². The summed E-state index contributed by atoms with van der Waals surface area (Å²) in [7, 11) is 0. The van der Waals surface area contributed by atoms with Gasteiger partial charge < -0.3 is 20.7 Å². The first-order chi connectivity index (χ1) is 17.1. The number of hydrogen-bond acceptors (Lipinski definition) is 7. The highest BCUT2D eigenvalue weighted by Gasteiger charge is 2.36. The minimum Gasteiger partial charge on any atom is -0.443 e. The summed E-state index contributed by atoms with van der Waals surface area (Å²) in [6.07, 6.45) is 2.33. The Labute approximate surface area is 214 Å². The first kappa shape index (κ1) is 25.4. The lowest BCUT2D eigenvalue weighted by Crippen LogP contribution is -2.50. The monoisotopic (exact) mass is 509 g/mol. The molecule has 190 valence electrons. The summed E-state index contributed by atoms with van der Waals surface area (Å²) in [4.78, 5) is 47.2. The number of hydrogen-bond donors (Lipinski definition) is 2. The summed E-state index contributed by atoms with van der Waals surface area (Å²) in [6, 6.07) is 12.1. The van der Waals surface area contributed by atoms with Crippen LogP contribution in [0.25, 0.3) is 10.1 Å². The van der Waals surface area contributed by atoms with Crippen molar-refractivity contribution in [3.63, 3.8) is 0 Å². The maximum absolute atomic E-state index is 13.3. The molecule has 3 aromatic rings. The van der Waals surface area contributed by atoms with Crippen LogP contribution in [0.3, 0.4) is 0 Å². The smallest absolute Gasteiger partial charge is 0.415 e. The van der Waals surface area contributed by atoms with Crippen LogP contribution in [-0.2, 0) is 20.9 Å². The molecular formula is C26H31N5O4S. The summed E-state index contributed by atoms with van der Waals surface area (Å²) in [5, 5.41) is 3.82. The van der Waals surface area contributed by atoms with Crippen molar-refractivity contribution in [1.29, 1.82) is 0 Å². The Morgan fingerprint density at radius 3 is 2.67 bits per heavy atom. The molecule has 0 unspecified atom stereocenters. The molecule has 9 nitrogen and oxygen atoms in total. The largest absolute Gasteiger partial charge is 0.443 e. The van der Waals surface area contributed by atoms with E-state index < -0.39 is 17.7 Å². The molecular weight excluding hydrogens is 478 g/mol. The zero-order valence-electron chi connectivity index (χ0n) is 20.7. The topological polar surface area (TPSA) is 118 Å². The number of nitrogens with two attached hydrogens (primary N) is 1. The van der Waals surface area contributed by atoms with Gasteiger partial charge in [-0.15, -0.1) is 11.3 Å². The lowest BCUT2D eigenvalue weighted by molar-refractivity contribution is -0.137. The van der Waals surface area contributed by atoms with Gasteiger partial charge in [-0.25, -0.2) is 9.78 Å². The number of para-hydroxylation sites is 1.